The fourth-order valence-electron chi connectivity index (χ4n) is 1.91. The molecule has 2 N–H and O–H groups in total. The average Bonchev–Trinajstić information content (AvgIpc) is 2.46. The molecule has 0 unspecified atom stereocenters. The highest BCUT2D eigenvalue weighted by Gasteiger charge is 2.04. The Morgan fingerprint density at radius 2 is 2.15 bits per heavy atom. The molecule has 0 atom stereocenters. The van der Waals surface area contributed by atoms with Crippen LogP contribution >= 0.6 is 0 Å². The van der Waals surface area contributed by atoms with Crippen molar-refractivity contribution < 1.29 is 9.84 Å². The summed E-state index contributed by atoms with van der Waals surface area (Å²) >= 11 is 0. The molecule has 0 fully saturated rings. The van der Waals surface area contributed by atoms with Gasteiger partial charge in [-0.15, -0.1) is 0 Å². The van der Waals surface area contributed by atoms with Crippen LogP contribution in [0.2, 0.25) is 0 Å². The van der Waals surface area contributed by atoms with E-state index in [1.54, 1.807) is 6.20 Å². The number of hydrogen-bond acceptors (Lipinski definition) is 5. The van der Waals surface area contributed by atoms with Crippen LogP contribution in [0.4, 0.5) is 5.69 Å². The fraction of sp³-hybridized carbons (Fsp3) is 0.333. The first kappa shape index (κ1) is 14.3. The van der Waals surface area contributed by atoms with Gasteiger partial charge >= 0.3 is 0 Å². The van der Waals surface area contributed by atoms with Gasteiger partial charge < -0.3 is 15.2 Å². The smallest absolute Gasteiger partial charge is 0.125 e. The van der Waals surface area contributed by atoms with Crippen LogP contribution in [0.3, 0.4) is 0 Å². The Bertz CT molecular complexity index is 573. The van der Waals surface area contributed by atoms with Crippen LogP contribution in [0.15, 0.2) is 30.5 Å². The lowest BCUT2D eigenvalue weighted by molar-refractivity contribution is 0.267. The van der Waals surface area contributed by atoms with Crippen LogP contribution in [-0.2, 0) is 13.2 Å². The molecule has 1 aromatic heterocycles. The van der Waals surface area contributed by atoms with Gasteiger partial charge in [-0.1, -0.05) is 0 Å². The van der Waals surface area contributed by atoms with Crippen LogP contribution in [-0.4, -0.2) is 21.7 Å². The molecule has 5 heteroatoms. The number of rotatable bonds is 6. The largest absolute Gasteiger partial charge is 0.494 e. The van der Waals surface area contributed by atoms with Crippen LogP contribution < -0.4 is 10.1 Å². The number of ether oxygens (including phenoxy) is 1. The van der Waals surface area contributed by atoms with E-state index in [1.807, 2.05) is 38.1 Å². The highest BCUT2D eigenvalue weighted by Crippen LogP contribution is 2.23. The van der Waals surface area contributed by atoms with E-state index in [0.29, 0.717) is 13.2 Å². The van der Waals surface area contributed by atoms with Gasteiger partial charge in [0.25, 0.3) is 0 Å². The summed E-state index contributed by atoms with van der Waals surface area (Å²) < 4.78 is 5.45. The SMILES string of the molecule is CCOc1ccc(NCc2ccnc(C)n2)cc1CO. The molecular formula is C15H19N3O2. The summed E-state index contributed by atoms with van der Waals surface area (Å²) in [5, 5.41) is 12.6. The van der Waals surface area contributed by atoms with Crippen molar-refractivity contribution in [3.8, 4) is 5.75 Å². The Labute approximate surface area is 118 Å². The molecule has 0 amide bonds. The second-order valence-corrected chi connectivity index (χ2v) is 4.36. The first-order chi connectivity index (χ1) is 9.72. The van der Waals surface area contributed by atoms with Crippen LogP contribution in [0, 0.1) is 6.92 Å². The molecule has 20 heavy (non-hydrogen) atoms. The standard InChI is InChI=1S/C15H19N3O2/c1-3-20-15-5-4-13(8-12(15)10-19)17-9-14-6-7-16-11(2)18-14/h4-8,17,19H,3,9-10H2,1-2H3. The minimum Gasteiger partial charge on any atom is -0.494 e. The Morgan fingerprint density at radius 3 is 2.85 bits per heavy atom. The van der Waals surface area contributed by atoms with E-state index in [2.05, 4.69) is 15.3 Å². The molecule has 5 nitrogen and oxygen atoms in total. The number of hydrogen-bond donors (Lipinski definition) is 2. The van der Waals surface area contributed by atoms with Crippen LogP contribution in [0.5, 0.6) is 5.75 Å². The zero-order valence-corrected chi connectivity index (χ0v) is 11.8. The summed E-state index contributed by atoms with van der Waals surface area (Å²) in [6.45, 7) is 4.94. The Hall–Kier alpha value is -2.14. The van der Waals surface area contributed by atoms with Gasteiger partial charge in [-0.2, -0.15) is 0 Å². The molecule has 0 radical (unpaired) electrons. The van der Waals surface area contributed by atoms with Gasteiger partial charge in [-0.3, -0.25) is 0 Å². The number of nitrogens with zero attached hydrogens (tertiary/aromatic N) is 2. The molecule has 106 valence electrons. The first-order valence-electron chi connectivity index (χ1n) is 6.62. The lowest BCUT2D eigenvalue weighted by Crippen LogP contribution is -2.04. The van der Waals surface area contributed by atoms with Crippen LogP contribution in [0.25, 0.3) is 0 Å². The summed E-state index contributed by atoms with van der Waals surface area (Å²) in [5.41, 5.74) is 2.63. The molecule has 0 aliphatic rings. The van der Waals surface area contributed by atoms with Gasteiger partial charge in [0.1, 0.15) is 11.6 Å². The second-order valence-electron chi connectivity index (χ2n) is 4.36. The monoisotopic (exact) mass is 273 g/mol. The quantitative estimate of drug-likeness (QED) is 0.845. The van der Waals surface area contributed by atoms with E-state index >= 15 is 0 Å². The topological polar surface area (TPSA) is 67.3 Å². The van der Waals surface area contributed by atoms with E-state index in [-0.39, 0.29) is 6.61 Å². The summed E-state index contributed by atoms with van der Waals surface area (Å²) in [5.74, 6) is 1.48. The van der Waals surface area contributed by atoms with Crippen molar-refractivity contribution in [2.45, 2.75) is 27.0 Å². The molecule has 1 heterocycles. The molecule has 2 aromatic rings. The number of benzene rings is 1. The molecule has 0 saturated heterocycles. The van der Waals surface area contributed by atoms with Crippen molar-refractivity contribution in [1.82, 2.24) is 9.97 Å². The third-order valence-electron chi connectivity index (χ3n) is 2.84. The third-order valence-corrected chi connectivity index (χ3v) is 2.84. The average molecular weight is 273 g/mol. The van der Waals surface area contributed by atoms with E-state index < -0.39 is 0 Å². The lowest BCUT2D eigenvalue weighted by Gasteiger charge is -2.12. The summed E-state index contributed by atoms with van der Waals surface area (Å²) in [7, 11) is 0. The van der Waals surface area contributed by atoms with E-state index in [4.69, 9.17) is 4.74 Å². The summed E-state index contributed by atoms with van der Waals surface area (Å²) in [6, 6.07) is 7.56. The maximum Gasteiger partial charge on any atom is 0.125 e. The highest BCUT2D eigenvalue weighted by molar-refractivity contribution is 5.51. The normalized spacial score (nSPS) is 10.3. The Morgan fingerprint density at radius 1 is 1.30 bits per heavy atom. The number of aliphatic hydroxyl groups is 1. The predicted octanol–water partition coefficient (Wildman–Crippen LogP) is 2.29. The van der Waals surface area contributed by atoms with Crippen molar-refractivity contribution in [1.29, 1.82) is 0 Å². The third kappa shape index (κ3) is 3.68. The number of aliphatic hydroxyl groups excluding tert-OH is 1. The molecule has 1 aromatic carbocycles. The minimum absolute atomic E-state index is 0.0442. The van der Waals surface area contributed by atoms with Gasteiger partial charge in [0.15, 0.2) is 0 Å². The van der Waals surface area contributed by atoms with E-state index in [0.717, 1.165) is 28.5 Å². The van der Waals surface area contributed by atoms with Gasteiger partial charge in [0, 0.05) is 17.4 Å². The van der Waals surface area contributed by atoms with Gasteiger partial charge in [-0.05, 0) is 38.1 Å². The van der Waals surface area contributed by atoms with E-state index in [9.17, 15) is 5.11 Å². The molecule has 0 saturated carbocycles. The number of nitrogens with one attached hydrogen (secondary N) is 1. The van der Waals surface area contributed by atoms with Crippen molar-refractivity contribution in [3.05, 3.63) is 47.5 Å². The maximum absolute atomic E-state index is 9.36. The highest BCUT2D eigenvalue weighted by atomic mass is 16.5. The van der Waals surface area contributed by atoms with Crippen LogP contribution in [0.1, 0.15) is 24.0 Å². The maximum atomic E-state index is 9.36. The van der Waals surface area contributed by atoms with Crippen molar-refractivity contribution in [3.63, 3.8) is 0 Å². The Balaban J connectivity index is 2.06. The first-order valence-corrected chi connectivity index (χ1v) is 6.62. The van der Waals surface area contributed by atoms with Crippen molar-refractivity contribution >= 4 is 5.69 Å². The van der Waals surface area contributed by atoms with Gasteiger partial charge in [-0.25, -0.2) is 9.97 Å². The van der Waals surface area contributed by atoms with Gasteiger partial charge in [0.2, 0.25) is 0 Å². The zero-order valence-electron chi connectivity index (χ0n) is 11.8. The summed E-state index contributed by atoms with van der Waals surface area (Å²) in [6.07, 6.45) is 1.75. The molecule has 0 spiro atoms. The Kier molecular flexibility index (Phi) is 4.90. The van der Waals surface area contributed by atoms with Gasteiger partial charge in [0.05, 0.1) is 25.5 Å². The number of aryl methyl sites for hydroxylation is 1. The number of aromatic nitrogens is 2. The van der Waals surface area contributed by atoms with Crippen molar-refractivity contribution in [2.75, 3.05) is 11.9 Å². The fourth-order valence-corrected chi connectivity index (χ4v) is 1.91. The molecule has 0 bridgehead atoms. The molecule has 0 aliphatic carbocycles. The van der Waals surface area contributed by atoms with E-state index in [1.165, 1.54) is 0 Å². The number of anilines is 1. The second kappa shape index (κ2) is 6.86. The summed E-state index contributed by atoms with van der Waals surface area (Å²) in [4.78, 5) is 8.40. The molecular weight excluding hydrogens is 254 g/mol. The molecule has 2 rings (SSSR count). The van der Waals surface area contributed by atoms with Crippen molar-refractivity contribution in [2.24, 2.45) is 0 Å². The predicted molar refractivity (Wildman–Crippen MR) is 77.6 cm³/mol. The molecule has 0 aliphatic heterocycles. The zero-order chi connectivity index (χ0) is 14.4. The minimum atomic E-state index is -0.0442. The lowest BCUT2D eigenvalue weighted by atomic mass is 10.2.